The molecule has 0 bridgehead atoms. The number of carbonyl (C=O) groups excluding carboxylic acids is 1. The molecule has 1 heterocycles. The Labute approximate surface area is 110 Å². The average molecular weight is 265 g/mol. The van der Waals surface area contributed by atoms with Gasteiger partial charge in [0.25, 0.3) is 0 Å². The molecule has 6 heteroatoms. The zero-order chi connectivity index (χ0) is 14.0. The van der Waals surface area contributed by atoms with Gasteiger partial charge in [-0.1, -0.05) is 0 Å². The van der Waals surface area contributed by atoms with Gasteiger partial charge in [0.05, 0.1) is 5.60 Å². The summed E-state index contributed by atoms with van der Waals surface area (Å²) in [6.07, 6.45) is 0.539. The van der Waals surface area contributed by atoms with Crippen LogP contribution in [0.1, 0.15) is 25.5 Å². The quantitative estimate of drug-likeness (QED) is 0.815. The Morgan fingerprint density at radius 3 is 3.00 bits per heavy atom. The molecule has 1 aromatic carbocycles. The molecule has 1 aliphatic heterocycles. The molecule has 3 N–H and O–H groups in total. The van der Waals surface area contributed by atoms with Gasteiger partial charge in [-0.3, -0.25) is 9.79 Å². The van der Waals surface area contributed by atoms with Gasteiger partial charge in [0.15, 0.2) is 0 Å². The number of aliphatic imine (C=N–C) groups is 1. The highest BCUT2D eigenvalue weighted by Crippen LogP contribution is 2.37. The smallest absolute Gasteiger partial charge is 0.211 e. The van der Waals surface area contributed by atoms with Gasteiger partial charge in [-0.15, -0.1) is 0 Å². The number of nitrogens with two attached hydrogens (primary N) is 1. The molecule has 2 rings (SSSR count). The maximum atomic E-state index is 14.0. The van der Waals surface area contributed by atoms with Crippen LogP contribution in [0.15, 0.2) is 23.2 Å². The first-order chi connectivity index (χ1) is 8.94. The minimum atomic E-state index is -0.663. The van der Waals surface area contributed by atoms with Crippen LogP contribution in [0, 0.1) is 5.82 Å². The molecule has 0 saturated heterocycles. The summed E-state index contributed by atoms with van der Waals surface area (Å²) >= 11 is 0. The summed E-state index contributed by atoms with van der Waals surface area (Å²) in [6, 6.07) is 3.77. The molecule has 0 aromatic heterocycles. The first-order valence-corrected chi connectivity index (χ1v) is 5.90. The molecule has 0 radical (unpaired) electrons. The third-order valence-corrected chi connectivity index (χ3v) is 3.06. The van der Waals surface area contributed by atoms with Crippen LogP contribution in [0.25, 0.3) is 0 Å². The van der Waals surface area contributed by atoms with E-state index < -0.39 is 17.5 Å². The number of benzene rings is 1. The fourth-order valence-electron chi connectivity index (χ4n) is 2.05. The maximum Gasteiger partial charge on any atom is 0.211 e. The summed E-state index contributed by atoms with van der Waals surface area (Å²) in [7, 11) is 0. The molecule has 1 atom stereocenters. The number of amidine groups is 1. The van der Waals surface area contributed by atoms with Crippen molar-refractivity contribution in [3.8, 4) is 0 Å². The average Bonchev–Trinajstić information content (AvgIpc) is 2.35. The van der Waals surface area contributed by atoms with E-state index >= 15 is 0 Å². The minimum Gasteiger partial charge on any atom is -0.386 e. The Morgan fingerprint density at radius 2 is 2.32 bits per heavy atom. The standard InChI is InChI=1S/C13H16FN3O2/c1-13(2)12(17-11(15)6-19-13)9-5-8(16-7-18)3-4-10(9)14/h3-5,7,12H,6H2,1-2H3,(H2,15,17)(H,16,18). The first kappa shape index (κ1) is 13.5. The monoisotopic (exact) mass is 265 g/mol. The van der Waals surface area contributed by atoms with Gasteiger partial charge in [-0.2, -0.15) is 0 Å². The Hall–Kier alpha value is -1.95. The molecule has 19 heavy (non-hydrogen) atoms. The van der Waals surface area contributed by atoms with E-state index in [0.29, 0.717) is 23.5 Å². The summed E-state index contributed by atoms with van der Waals surface area (Å²) < 4.78 is 19.6. The largest absolute Gasteiger partial charge is 0.386 e. The van der Waals surface area contributed by atoms with E-state index in [2.05, 4.69) is 10.3 Å². The van der Waals surface area contributed by atoms with Crippen molar-refractivity contribution in [2.45, 2.75) is 25.5 Å². The maximum absolute atomic E-state index is 14.0. The van der Waals surface area contributed by atoms with Crippen molar-refractivity contribution in [3.05, 3.63) is 29.6 Å². The van der Waals surface area contributed by atoms with Crippen LogP contribution >= 0.6 is 0 Å². The molecule has 0 aliphatic carbocycles. The molecule has 1 aliphatic rings. The van der Waals surface area contributed by atoms with Crippen LogP contribution in [0.5, 0.6) is 0 Å². The van der Waals surface area contributed by atoms with E-state index in [1.165, 1.54) is 12.1 Å². The van der Waals surface area contributed by atoms with Crippen molar-refractivity contribution in [1.29, 1.82) is 0 Å². The van der Waals surface area contributed by atoms with Gasteiger partial charge in [0.1, 0.15) is 24.3 Å². The topological polar surface area (TPSA) is 76.7 Å². The zero-order valence-electron chi connectivity index (χ0n) is 10.8. The van der Waals surface area contributed by atoms with Gasteiger partial charge in [0.2, 0.25) is 6.41 Å². The fourth-order valence-corrected chi connectivity index (χ4v) is 2.05. The van der Waals surface area contributed by atoms with Crippen LogP contribution in [-0.4, -0.2) is 24.5 Å². The zero-order valence-corrected chi connectivity index (χ0v) is 10.8. The normalized spacial score (nSPS) is 21.6. The van der Waals surface area contributed by atoms with Crippen LogP contribution in [-0.2, 0) is 9.53 Å². The summed E-state index contributed by atoms with van der Waals surface area (Å²) in [6.45, 7) is 3.89. The van der Waals surface area contributed by atoms with Crippen molar-refractivity contribution in [1.82, 2.24) is 0 Å². The highest BCUT2D eigenvalue weighted by molar-refractivity contribution is 5.82. The second-order valence-electron chi connectivity index (χ2n) is 4.91. The van der Waals surface area contributed by atoms with E-state index in [4.69, 9.17) is 10.5 Å². The molecule has 102 valence electrons. The van der Waals surface area contributed by atoms with Crippen molar-refractivity contribution in [3.63, 3.8) is 0 Å². The minimum absolute atomic E-state index is 0.234. The molecular weight excluding hydrogens is 249 g/mol. The number of rotatable bonds is 3. The molecule has 0 spiro atoms. The van der Waals surface area contributed by atoms with Crippen molar-refractivity contribution < 1.29 is 13.9 Å². The van der Waals surface area contributed by atoms with Crippen molar-refractivity contribution >= 4 is 17.9 Å². The van der Waals surface area contributed by atoms with Gasteiger partial charge < -0.3 is 15.8 Å². The lowest BCUT2D eigenvalue weighted by atomic mass is 9.90. The lowest BCUT2D eigenvalue weighted by Gasteiger charge is -2.36. The molecular formula is C13H16FN3O2. The molecule has 1 unspecified atom stereocenters. The van der Waals surface area contributed by atoms with Crippen LogP contribution in [0.2, 0.25) is 0 Å². The van der Waals surface area contributed by atoms with E-state index in [1.54, 1.807) is 6.07 Å². The number of amides is 1. The number of nitrogens with zero attached hydrogens (tertiary/aromatic N) is 1. The number of hydrogen-bond acceptors (Lipinski definition) is 4. The molecule has 0 saturated carbocycles. The summed E-state index contributed by atoms with van der Waals surface area (Å²) in [5.74, 6) is -0.0750. The number of nitrogens with one attached hydrogen (secondary N) is 1. The predicted octanol–water partition coefficient (Wildman–Crippen LogP) is 1.60. The lowest BCUT2D eigenvalue weighted by Crippen LogP contribution is -2.41. The number of hydrogen-bond donors (Lipinski definition) is 2. The lowest BCUT2D eigenvalue weighted by molar-refractivity contribution is -0.105. The fraction of sp³-hybridized carbons (Fsp3) is 0.385. The van der Waals surface area contributed by atoms with Crippen LogP contribution < -0.4 is 11.1 Å². The third-order valence-electron chi connectivity index (χ3n) is 3.06. The summed E-state index contributed by atoms with van der Waals surface area (Å²) in [4.78, 5) is 14.7. The van der Waals surface area contributed by atoms with Crippen LogP contribution in [0.4, 0.5) is 10.1 Å². The SMILES string of the molecule is CC1(C)OCC(N)=NC1c1cc(NC=O)ccc1F. The van der Waals surface area contributed by atoms with Gasteiger partial charge >= 0.3 is 0 Å². The van der Waals surface area contributed by atoms with E-state index in [1.807, 2.05) is 13.8 Å². The van der Waals surface area contributed by atoms with Gasteiger partial charge in [0, 0.05) is 11.3 Å². The molecule has 1 amide bonds. The Balaban J connectivity index is 2.46. The first-order valence-electron chi connectivity index (χ1n) is 5.90. The molecule has 5 nitrogen and oxygen atoms in total. The Morgan fingerprint density at radius 1 is 1.58 bits per heavy atom. The van der Waals surface area contributed by atoms with Gasteiger partial charge in [-0.25, -0.2) is 4.39 Å². The van der Waals surface area contributed by atoms with E-state index in [9.17, 15) is 9.18 Å². The van der Waals surface area contributed by atoms with Gasteiger partial charge in [-0.05, 0) is 32.0 Å². The molecule has 0 fully saturated rings. The van der Waals surface area contributed by atoms with E-state index in [0.717, 1.165) is 0 Å². The highest BCUT2D eigenvalue weighted by atomic mass is 19.1. The van der Waals surface area contributed by atoms with Crippen molar-refractivity contribution in [2.24, 2.45) is 10.7 Å². The highest BCUT2D eigenvalue weighted by Gasteiger charge is 2.36. The summed E-state index contributed by atoms with van der Waals surface area (Å²) in [5, 5.41) is 2.49. The Kier molecular flexibility index (Phi) is 3.53. The number of anilines is 1. The number of ether oxygens (including phenoxy) is 1. The number of halogens is 1. The predicted molar refractivity (Wildman–Crippen MR) is 70.5 cm³/mol. The second kappa shape index (κ2) is 4.97. The van der Waals surface area contributed by atoms with Crippen molar-refractivity contribution in [2.75, 3.05) is 11.9 Å². The Bertz CT molecular complexity index is 529. The molecule has 1 aromatic rings. The summed E-state index contributed by atoms with van der Waals surface area (Å²) in [5.41, 5.74) is 5.85. The van der Waals surface area contributed by atoms with E-state index in [-0.39, 0.29) is 6.61 Å². The second-order valence-corrected chi connectivity index (χ2v) is 4.91. The number of carbonyl (C=O) groups is 1. The third kappa shape index (κ3) is 2.73. The van der Waals surface area contributed by atoms with Crippen LogP contribution in [0.3, 0.4) is 0 Å².